The first kappa shape index (κ1) is 26.7. The van der Waals surface area contributed by atoms with Crippen molar-refractivity contribution in [2.45, 2.75) is 37.8 Å². The average Bonchev–Trinajstić information content (AvgIpc) is 2.82. The number of rotatable bonds is 6. The highest BCUT2D eigenvalue weighted by Crippen LogP contribution is 2.39. The van der Waals surface area contributed by atoms with E-state index < -0.39 is 56.7 Å². The van der Waals surface area contributed by atoms with E-state index in [-0.39, 0.29) is 17.5 Å². The van der Waals surface area contributed by atoms with Gasteiger partial charge in [-0.2, -0.15) is 0 Å². The maximum absolute atomic E-state index is 14.4. The molecule has 196 valence electrons. The number of aromatic nitrogens is 2. The zero-order valence-electron chi connectivity index (χ0n) is 20.1. The van der Waals surface area contributed by atoms with Crippen molar-refractivity contribution in [3.63, 3.8) is 0 Å². The summed E-state index contributed by atoms with van der Waals surface area (Å²) < 4.78 is 69.0. The summed E-state index contributed by atoms with van der Waals surface area (Å²) in [5.74, 6) is -3.92. The Morgan fingerprint density at radius 3 is 2.41 bits per heavy atom. The number of amides is 1. The van der Waals surface area contributed by atoms with Gasteiger partial charge in [0.15, 0.2) is 0 Å². The molecule has 1 aromatic carbocycles. The number of halogens is 3. The zero-order valence-corrected chi connectivity index (χ0v) is 20.9. The molecule has 4 N–H and O–H groups in total. The first-order valence-corrected chi connectivity index (χ1v) is 13.4. The summed E-state index contributed by atoms with van der Waals surface area (Å²) in [4.78, 5) is 21.0. The van der Waals surface area contributed by atoms with E-state index in [0.717, 1.165) is 42.2 Å². The van der Waals surface area contributed by atoms with E-state index in [1.807, 2.05) is 6.92 Å². The van der Waals surface area contributed by atoms with Crippen molar-refractivity contribution < 1.29 is 26.4 Å². The lowest BCUT2D eigenvalue weighted by Gasteiger charge is -2.39. The molecule has 3 aromatic rings. The minimum Gasteiger partial charge on any atom is -0.326 e. The Bertz CT molecular complexity index is 1400. The number of nitrogens with zero attached hydrogens (tertiary/aromatic N) is 2. The fraction of sp³-hybridized carbons (Fsp3) is 0.320. The molecule has 0 aliphatic heterocycles. The third kappa shape index (κ3) is 5.97. The number of nitrogens with one attached hydrogen (secondary N) is 2. The Hall–Kier alpha value is -3.35. The summed E-state index contributed by atoms with van der Waals surface area (Å²) in [6.45, 7) is 1.90. The first-order chi connectivity index (χ1) is 17.4. The molecule has 1 fully saturated rings. The molecule has 2 heterocycles. The molecule has 0 spiro atoms. The molecule has 4 rings (SSSR count). The number of pyridine rings is 2. The minimum atomic E-state index is -3.44. The van der Waals surface area contributed by atoms with Gasteiger partial charge in [0.1, 0.15) is 28.8 Å². The number of hydrogen-bond donors (Lipinski definition) is 3. The third-order valence-electron chi connectivity index (χ3n) is 6.46. The van der Waals surface area contributed by atoms with E-state index in [1.54, 1.807) is 12.3 Å². The molecule has 1 amide bonds. The standard InChI is InChI=1S/C25H26F3N5O3S/c1-13-10-14(11-19(29)23(13)33-37(2,35)36)15-8-9-30-12-21(15)32-25(34)20-7-6-18(28)24(31-20)22-16(26)4-3-5-17(22)27/h3-9,12-14,19,23,33H,10-11,29H2,1-2H3,(H,32,34)/t13-,14+,19+,23-/m0/s1. The lowest BCUT2D eigenvalue weighted by Crippen LogP contribution is -2.54. The quantitative estimate of drug-likeness (QED) is 0.445. The Labute approximate surface area is 212 Å². The SMILES string of the molecule is C[C@H]1C[C@@H](c2ccncc2NC(=O)c2ccc(F)c(-c3c(F)cccc3F)n2)C[C@@H](N)[C@H]1NS(C)(=O)=O. The van der Waals surface area contributed by atoms with Crippen LogP contribution in [0.5, 0.6) is 0 Å². The second-order valence-electron chi connectivity index (χ2n) is 9.27. The van der Waals surface area contributed by atoms with Crippen LogP contribution in [0.1, 0.15) is 41.7 Å². The van der Waals surface area contributed by atoms with Gasteiger partial charge < -0.3 is 11.1 Å². The molecule has 1 aliphatic carbocycles. The van der Waals surface area contributed by atoms with Crippen molar-refractivity contribution in [3.8, 4) is 11.3 Å². The Morgan fingerprint density at radius 2 is 1.76 bits per heavy atom. The highest BCUT2D eigenvalue weighted by atomic mass is 32.2. The second-order valence-corrected chi connectivity index (χ2v) is 11.0. The van der Waals surface area contributed by atoms with Gasteiger partial charge in [-0.15, -0.1) is 0 Å². The normalized spacial score (nSPS) is 22.0. The van der Waals surface area contributed by atoms with Gasteiger partial charge in [0.2, 0.25) is 10.0 Å². The van der Waals surface area contributed by atoms with Crippen molar-refractivity contribution in [1.82, 2.24) is 14.7 Å². The van der Waals surface area contributed by atoms with Gasteiger partial charge >= 0.3 is 0 Å². The summed E-state index contributed by atoms with van der Waals surface area (Å²) in [5, 5.41) is 2.70. The van der Waals surface area contributed by atoms with Gasteiger partial charge in [0, 0.05) is 18.3 Å². The lowest BCUT2D eigenvalue weighted by molar-refractivity contribution is 0.102. The summed E-state index contributed by atoms with van der Waals surface area (Å²) >= 11 is 0. The number of carbonyl (C=O) groups is 1. The molecular weight excluding hydrogens is 507 g/mol. The molecule has 2 aromatic heterocycles. The van der Waals surface area contributed by atoms with Crippen LogP contribution in [0.2, 0.25) is 0 Å². The molecule has 0 unspecified atom stereocenters. The van der Waals surface area contributed by atoms with E-state index in [0.29, 0.717) is 18.5 Å². The van der Waals surface area contributed by atoms with E-state index in [1.165, 1.54) is 6.20 Å². The van der Waals surface area contributed by atoms with Gasteiger partial charge in [-0.25, -0.2) is 31.3 Å². The second kappa shape index (κ2) is 10.6. The van der Waals surface area contributed by atoms with Crippen molar-refractivity contribution in [2.24, 2.45) is 11.7 Å². The summed E-state index contributed by atoms with van der Waals surface area (Å²) in [6, 6.07) is 5.98. The minimum absolute atomic E-state index is 0.0859. The van der Waals surface area contributed by atoms with E-state index in [4.69, 9.17) is 5.73 Å². The molecule has 8 nitrogen and oxygen atoms in total. The number of anilines is 1. The van der Waals surface area contributed by atoms with Crippen LogP contribution in [0, 0.1) is 23.4 Å². The van der Waals surface area contributed by atoms with Crippen LogP contribution in [-0.4, -0.2) is 42.6 Å². The number of hydrogen-bond acceptors (Lipinski definition) is 6. The van der Waals surface area contributed by atoms with Crippen LogP contribution >= 0.6 is 0 Å². The average molecular weight is 534 g/mol. The summed E-state index contributed by atoms with van der Waals surface area (Å²) in [5.41, 5.74) is 5.90. The fourth-order valence-electron chi connectivity index (χ4n) is 4.81. The van der Waals surface area contributed by atoms with E-state index >= 15 is 0 Å². The Morgan fingerprint density at radius 1 is 1.05 bits per heavy atom. The van der Waals surface area contributed by atoms with Crippen molar-refractivity contribution >= 4 is 21.6 Å². The monoisotopic (exact) mass is 533 g/mol. The highest BCUT2D eigenvalue weighted by molar-refractivity contribution is 7.88. The number of benzene rings is 1. The number of carbonyl (C=O) groups excluding carboxylic acids is 1. The molecule has 0 saturated heterocycles. The Kier molecular flexibility index (Phi) is 7.62. The van der Waals surface area contributed by atoms with Crippen LogP contribution < -0.4 is 15.8 Å². The number of sulfonamides is 1. The van der Waals surface area contributed by atoms with E-state index in [2.05, 4.69) is 20.0 Å². The van der Waals surface area contributed by atoms with Crippen LogP contribution in [0.3, 0.4) is 0 Å². The van der Waals surface area contributed by atoms with Crippen LogP contribution in [0.15, 0.2) is 48.8 Å². The van der Waals surface area contributed by atoms with E-state index in [9.17, 15) is 26.4 Å². The molecule has 0 bridgehead atoms. The van der Waals surface area contributed by atoms with Crippen molar-refractivity contribution in [2.75, 3.05) is 11.6 Å². The Balaban J connectivity index is 1.59. The third-order valence-corrected chi connectivity index (χ3v) is 7.16. The predicted octanol–water partition coefficient (Wildman–Crippen LogP) is 3.57. The molecule has 0 radical (unpaired) electrons. The molecule has 1 saturated carbocycles. The van der Waals surface area contributed by atoms with Gasteiger partial charge in [0.25, 0.3) is 5.91 Å². The topological polar surface area (TPSA) is 127 Å². The van der Waals surface area contributed by atoms with Crippen molar-refractivity contribution in [3.05, 3.63) is 77.5 Å². The largest absolute Gasteiger partial charge is 0.326 e. The highest BCUT2D eigenvalue weighted by Gasteiger charge is 2.36. The lowest BCUT2D eigenvalue weighted by atomic mass is 9.73. The first-order valence-electron chi connectivity index (χ1n) is 11.5. The molecule has 37 heavy (non-hydrogen) atoms. The maximum Gasteiger partial charge on any atom is 0.274 e. The fourth-order valence-corrected chi connectivity index (χ4v) is 5.71. The van der Waals surface area contributed by atoms with Gasteiger partial charge in [-0.1, -0.05) is 13.0 Å². The summed E-state index contributed by atoms with van der Waals surface area (Å²) in [6.07, 6.45) is 5.15. The van der Waals surface area contributed by atoms with Gasteiger partial charge in [-0.05, 0) is 60.6 Å². The predicted molar refractivity (Wildman–Crippen MR) is 133 cm³/mol. The van der Waals surface area contributed by atoms with Crippen LogP contribution in [-0.2, 0) is 10.0 Å². The molecule has 4 atom stereocenters. The summed E-state index contributed by atoms with van der Waals surface area (Å²) in [7, 11) is -3.44. The van der Waals surface area contributed by atoms with Crippen LogP contribution in [0.4, 0.5) is 18.9 Å². The number of nitrogens with two attached hydrogens (primary N) is 1. The molecule has 1 aliphatic rings. The molecule has 12 heteroatoms. The van der Waals surface area contributed by atoms with Gasteiger partial charge in [0.05, 0.1) is 23.7 Å². The van der Waals surface area contributed by atoms with Gasteiger partial charge in [-0.3, -0.25) is 9.78 Å². The molecular formula is C25H26F3N5O3S. The van der Waals surface area contributed by atoms with Crippen LogP contribution in [0.25, 0.3) is 11.3 Å². The maximum atomic E-state index is 14.4. The smallest absolute Gasteiger partial charge is 0.274 e. The zero-order chi connectivity index (χ0) is 26.9. The van der Waals surface area contributed by atoms with Crippen molar-refractivity contribution in [1.29, 1.82) is 0 Å².